The summed E-state index contributed by atoms with van der Waals surface area (Å²) in [6.45, 7) is 2.88. The monoisotopic (exact) mass is 362 g/mol. The van der Waals surface area contributed by atoms with Crippen molar-refractivity contribution in [2.45, 2.75) is 25.3 Å². The first kappa shape index (κ1) is 17.4. The number of rotatable bonds is 5. The average molecular weight is 362 g/mol. The van der Waals surface area contributed by atoms with Crippen molar-refractivity contribution >= 4 is 5.97 Å². The number of aromatic nitrogens is 3. The summed E-state index contributed by atoms with van der Waals surface area (Å²) < 4.78 is 1.65. The molecule has 138 valence electrons. The molecular weight excluding hydrogens is 340 g/mol. The lowest BCUT2D eigenvalue weighted by atomic mass is 9.93. The molecule has 4 rings (SSSR count). The zero-order chi connectivity index (χ0) is 18.6. The number of likely N-dealkylation sites (tertiary alicyclic amines) is 1. The Morgan fingerprint density at radius 1 is 1.11 bits per heavy atom. The lowest BCUT2D eigenvalue weighted by molar-refractivity contribution is 0.0696. The Kier molecular flexibility index (Phi) is 4.98. The van der Waals surface area contributed by atoms with E-state index in [0.717, 1.165) is 38.0 Å². The molecule has 6 heteroatoms. The highest BCUT2D eigenvalue weighted by Crippen LogP contribution is 2.27. The molecule has 0 aliphatic carbocycles. The topological polar surface area (TPSA) is 71.2 Å². The van der Waals surface area contributed by atoms with Crippen LogP contribution in [0.1, 0.15) is 40.4 Å². The van der Waals surface area contributed by atoms with Crippen LogP contribution in [0.5, 0.6) is 0 Å². The van der Waals surface area contributed by atoms with Gasteiger partial charge in [0, 0.05) is 36.1 Å². The van der Waals surface area contributed by atoms with E-state index in [0.29, 0.717) is 11.6 Å². The summed E-state index contributed by atoms with van der Waals surface area (Å²) in [5.74, 6) is -0.410. The maximum atomic E-state index is 11.4. The van der Waals surface area contributed by atoms with Crippen molar-refractivity contribution in [1.29, 1.82) is 0 Å². The molecule has 1 N–H and O–H groups in total. The van der Waals surface area contributed by atoms with Crippen molar-refractivity contribution < 1.29 is 9.90 Å². The number of para-hydroxylation sites is 1. The third kappa shape index (κ3) is 3.90. The van der Waals surface area contributed by atoms with Crippen LogP contribution in [0.2, 0.25) is 0 Å². The fraction of sp³-hybridized carbons (Fsp3) is 0.286. The molecule has 3 heterocycles. The van der Waals surface area contributed by atoms with Gasteiger partial charge in [0.15, 0.2) is 0 Å². The molecule has 0 atom stereocenters. The standard InChI is InChI=1S/C21H22N4O2/c26-21(27)18-5-1-2-7-20(18)25-15-16(13-23-25)14-24-11-8-17(9-12-24)19-6-3-4-10-22-19/h1-7,10,13,15,17H,8-9,11-12,14H2,(H,26,27). The zero-order valence-corrected chi connectivity index (χ0v) is 15.0. The summed E-state index contributed by atoms with van der Waals surface area (Å²) in [5, 5.41) is 13.7. The summed E-state index contributed by atoms with van der Waals surface area (Å²) in [5.41, 5.74) is 3.12. The molecule has 0 spiro atoms. The second kappa shape index (κ2) is 7.72. The maximum Gasteiger partial charge on any atom is 0.337 e. The van der Waals surface area contributed by atoms with Gasteiger partial charge in [0.1, 0.15) is 0 Å². The van der Waals surface area contributed by atoms with E-state index in [1.165, 1.54) is 5.69 Å². The number of hydrogen-bond acceptors (Lipinski definition) is 4. The fourth-order valence-corrected chi connectivity index (χ4v) is 3.69. The number of pyridine rings is 1. The molecule has 6 nitrogen and oxygen atoms in total. The van der Waals surface area contributed by atoms with Gasteiger partial charge in [-0.1, -0.05) is 18.2 Å². The molecule has 1 aliphatic heterocycles. The van der Waals surface area contributed by atoms with Crippen LogP contribution in [0.15, 0.2) is 61.1 Å². The number of carbonyl (C=O) groups is 1. The van der Waals surface area contributed by atoms with Crippen LogP contribution in [-0.4, -0.2) is 43.8 Å². The smallest absolute Gasteiger partial charge is 0.337 e. The van der Waals surface area contributed by atoms with Crippen molar-refractivity contribution in [3.05, 3.63) is 77.9 Å². The third-order valence-electron chi connectivity index (χ3n) is 5.12. The molecule has 0 amide bonds. The van der Waals surface area contributed by atoms with Gasteiger partial charge in [-0.05, 0) is 50.2 Å². The van der Waals surface area contributed by atoms with E-state index < -0.39 is 5.97 Å². The number of carboxylic acid groups (broad SMARTS) is 1. The van der Waals surface area contributed by atoms with E-state index >= 15 is 0 Å². The van der Waals surface area contributed by atoms with Gasteiger partial charge in [0.25, 0.3) is 0 Å². The lowest BCUT2D eigenvalue weighted by Crippen LogP contribution is -2.32. The molecule has 2 aromatic heterocycles. The SMILES string of the molecule is O=C(O)c1ccccc1-n1cc(CN2CCC(c3ccccn3)CC2)cn1. The Balaban J connectivity index is 1.40. The van der Waals surface area contributed by atoms with Crippen molar-refractivity contribution in [2.24, 2.45) is 0 Å². The van der Waals surface area contributed by atoms with Gasteiger partial charge in [0.05, 0.1) is 17.4 Å². The summed E-state index contributed by atoms with van der Waals surface area (Å²) in [7, 11) is 0. The number of piperidine rings is 1. The maximum absolute atomic E-state index is 11.4. The zero-order valence-electron chi connectivity index (χ0n) is 15.0. The minimum Gasteiger partial charge on any atom is -0.478 e. The van der Waals surface area contributed by atoms with Gasteiger partial charge in [-0.2, -0.15) is 5.10 Å². The lowest BCUT2D eigenvalue weighted by Gasteiger charge is -2.31. The molecule has 0 bridgehead atoms. The second-order valence-corrected chi connectivity index (χ2v) is 6.92. The quantitative estimate of drug-likeness (QED) is 0.754. The fourth-order valence-electron chi connectivity index (χ4n) is 3.69. The van der Waals surface area contributed by atoms with Gasteiger partial charge in [0.2, 0.25) is 0 Å². The van der Waals surface area contributed by atoms with Gasteiger partial charge in [-0.25, -0.2) is 9.48 Å². The van der Waals surface area contributed by atoms with E-state index in [-0.39, 0.29) is 5.56 Å². The minimum atomic E-state index is -0.945. The third-order valence-corrected chi connectivity index (χ3v) is 5.12. The molecule has 1 aromatic carbocycles. The van der Waals surface area contributed by atoms with Crippen LogP contribution >= 0.6 is 0 Å². The van der Waals surface area contributed by atoms with E-state index in [9.17, 15) is 9.90 Å². The minimum absolute atomic E-state index is 0.253. The molecule has 1 fully saturated rings. The average Bonchev–Trinajstić information content (AvgIpc) is 3.17. The Bertz CT molecular complexity index is 915. The Morgan fingerprint density at radius 2 is 1.89 bits per heavy atom. The highest BCUT2D eigenvalue weighted by Gasteiger charge is 2.22. The molecule has 0 unspecified atom stereocenters. The van der Waals surface area contributed by atoms with Gasteiger partial charge in [-0.15, -0.1) is 0 Å². The van der Waals surface area contributed by atoms with Crippen molar-refractivity contribution in [2.75, 3.05) is 13.1 Å². The summed E-state index contributed by atoms with van der Waals surface area (Å²) in [6, 6.07) is 13.1. The van der Waals surface area contributed by atoms with E-state index in [4.69, 9.17) is 0 Å². The van der Waals surface area contributed by atoms with Crippen molar-refractivity contribution in [3.8, 4) is 5.69 Å². The van der Waals surface area contributed by atoms with Crippen LogP contribution in [0.3, 0.4) is 0 Å². The van der Waals surface area contributed by atoms with Gasteiger partial charge < -0.3 is 5.11 Å². The van der Waals surface area contributed by atoms with Crippen LogP contribution in [-0.2, 0) is 6.54 Å². The number of hydrogen-bond donors (Lipinski definition) is 1. The normalized spacial score (nSPS) is 15.7. The van der Waals surface area contributed by atoms with Crippen LogP contribution in [0.4, 0.5) is 0 Å². The number of carboxylic acids is 1. The molecule has 1 saturated heterocycles. The largest absolute Gasteiger partial charge is 0.478 e. The molecule has 27 heavy (non-hydrogen) atoms. The predicted octanol–water partition coefficient (Wildman–Crippen LogP) is 3.35. The molecular formula is C21H22N4O2. The number of aromatic carboxylic acids is 1. The van der Waals surface area contributed by atoms with Crippen molar-refractivity contribution in [1.82, 2.24) is 19.7 Å². The summed E-state index contributed by atoms with van der Waals surface area (Å²) in [4.78, 5) is 18.3. The van der Waals surface area contributed by atoms with Crippen LogP contribution < -0.4 is 0 Å². The second-order valence-electron chi connectivity index (χ2n) is 6.92. The molecule has 0 radical (unpaired) electrons. The van der Waals surface area contributed by atoms with E-state index in [1.807, 2.05) is 30.7 Å². The highest BCUT2D eigenvalue weighted by molar-refractivity contribution is 5.91. The molecule has 0 saturated carbocycles. The predicted molar refractivity (Wildman–Crippen MR) is 102 cm³/mol. The number of benzene rings is 1. The van der Waals surface area contributed by atoms with Crippen LogP contribution in [0.25, 0.3) is 5.69 Å². The van der Waals surface area contributed by atoms with Crippen molar-refractivity contribution in [3.63, 3.8) is 0 Å². The van der Waals surface area contributed by atoms with Gasteiger partial charge >= 0.3 is 5.97 Å². The molecule has 3 aromatic rings. The van der Waals surface area contributed by atoms with Crippen LogP contribution in [0, 0.1) is 0 Å². The highest BCUT2D eigenvalue weighted by atomic mass is 16.4. The Morgan fingerprint density at radius 3 is 2.63 bits per heavy atom. The number of nitrogens with zero attached hydrogens (tertiary/aromatic N) is 4. The van der Waals surface area contributed by atoms with E-state index in [2.05, 4.69) is 27.1 Å². The van der Waals surface area contributed by atoms with Gasteiger partial charge in [-0.3, -0.25) is 9.88 Å². The summed E-state index contributed by atoms with van der Waals surface area (Å²) >= 11 is 0. The summed E-state index contributed by atoms with van der Waals surface area (Å²) in [6.07, 6.45) is 7.82. The molecule has 1 aliphatic rings. The first-order valence-corrected chi connectivity index (χ1v) is 9.20. The first-order valence-electron chi connectivity index (χ1n) is 9.20. The van der Waals surface area contributed by atoms with E-state index in [1.54, 1.807) is 22.9 Å². The first-order chi connectivity index (χ1) is 13.2. The Hall–Kier alpha value is -2.99. The Labute approximate surface area is 158 Å².